The first-order chi connectivity index (χ1) is 9.21. The molecule has 7 heteroatoms. The van der Waals surface area contributed by atoms with Crippen LogP contribution < -0.4 is 16.0 Å². The summed E-state index contributed by atoms with van der Waals surface area (Å²) in [6.07, 6.45) is 1.53. The quantitative estimate of drug-likeness (QED) is 0.645. The lowest BCUT2D eigenvalue weighted by Gasteiger charge is -2.17. The fraction of sp³-hybridized carbons (Fsp3) is 0.333. The summed E-state index contributed by atoms with van der Waals surface area (Å²) in [6.45, 7) is 2.75. The number of aromatic nitrogens is 3. The molecule has 1 atom stereocenters. The van der Waals surface area contributed by atoms with Gasteiger partial charge in [-0.25, -0.2) is 15.1 Å². The topological polar surface area (TPSA) is 78.0 Å². The van der Waals surface area contributed by atoms with Gasteiger partial charge in [-0.05, 0) is 40.5 Å². The minimum atomic E-state index is -0.218. The highest BCUT2D eigenvalue weighted by molar-refractivity contribution is 9.10. The molecule has 0 fully saturated rings. The van der Waals surface area contributed by atoms with Crippen LogP contribution in [0.3, 0.4) is 0 Å². The number of halogens is 1. The number of nitrogens with two attached hydrogens (primary N) is 1. The first-order valence-corrected chi connectivity index (χ1v) is 6.67. The molecule has 1 heterocycles. The van der Waals surface area contributed by atoms with Gasteiger partial charge in [0.1, 0.15) is 23.9 Å². The van der Waals surface area contributed by atoms with Gasteiger partial charge in [0.25, 0.3) is 0 Å². The van der Waals surface area contributed by atoms with E-state index >= 15 is 0 Å². The molecule has 2 aromatic rings. The number of nitrogens with one attached hydrogen (secondary N) is 1. The predicted molar refractivity (Wildman–Crippen MR) is 75.6 cm³/mol. The zero-order valence-electron chi connectivity index (χ0n) is 10.8. The second-order valence-electron chi connectivity index (χ2n) is 3.93. The fourth-order valence-electron chi connectivity index (χ4n) is 1.92. The molecular formula is C12H16BrN5O. The Balaban J connectivity index is 2.40. The molecule has 6 nitrogen and oxygen atoms in total. The molecule has 0 radical (unpaired) electrons. The van der Waals surface area contributed by atoms with Crippen LogP contribution in [0.2, 0.25) is 0 Å². The number of hydrogen-bond acceptors (Lipinski definition) is 5. The van der Waals surface area contributed by atoms with E-state index in [1.54, 1.807) is 7.11 Å². The minimum Gasteiger partial charge on any atom is -0.496 e. The van der Waals surface area contributed by atoms with Crippen molar-refractivity contribution >= 4 is 15.9 Å². The minimum absolute atomic E-state index is 0.218. The van der Waals surface area contributed by atoms with Crippen molar-refractivity contribution < 1.29 is 4.74 Å². The van der Waals surface area contributed by atoms with Gasteiger partial charge >= 0.3 is 0 Å². The third kappa shape index (κ3) is 2.78. The van der Waals surface area contributed by atoms with E-state index in [1.165, 1.54) is 6.33 Å². The van der Waals surface area contributed by atoms with Gasteiger partial charge in [-0.2, -0.15) is 5.10 Å². The Kier molecular flexibility index (Phi) is 4.52. The zero-order chi connectivity index (χ0) is 13.8. The zero-order valence-corrected chi connectivity index (χ0v) is 12.4. The van der Waals surface area contributed by atoms with Crippen LogP contribution in [-0.4, -0.2) is 21.9 Å². The van der Waals surface area contributed by atoms with Crippen LogP contribution in [0.5, 0.6) is 5.75 Å². The van der Waals surface area contributed by atoms with Gasteiger partial charge < -0.3 is 4.74 Å². The smallest absolute Gasteiger partial charge is 0.149 e. The van der Waals surface area contributed by atoms with E-state index in [2.05, 4.69) is 31.4 Å². The number of aryl methyl sites for hydroxylation is 1. The van der Waals surface area contributed by atoms with Gasteiger partial charge in [-0.3, -0.25) is 5.84 Å². The molecular weight excluding hydrogens is 310 g/mol. The van der Waals surface area contributed by atoms with Crippen molar-refractivity contribution in [3.63, 3.8) is 0 Å². The molecule has 102 valence electrons. The Morgan fingerprint density at radius 2 is 2.32 bits per heavy atom. The van der Waals surface area contributed by atoms with Gasteiger partial charge in [-0.15, -0.1) is 0 Å². The Morgan fingerprint density at radius 3 is 2.89 bits per heavy atom. The maximum absolute atomic E-state index is 5.66. The predicted octanol–water partition coefficient (Wildman–Crippen LogP) is 1.62. The average Bonchev–Trinajstić information content (AvgIpc) is 2.88. The van der Waals surface area contributed by atoms with Gasteiger partial charge in [-0.1, -0.05) is 6.07 Å². The summed E-state index contributed by atoms with van der Waals surface area (Å²) >= 11 is 3.47. The normalized spacial score (nSPS) is 12.4. The van der Waals surface area contributed by atoms with Crippen LogP contribution >= 0.6 is 15.9 Å². The van der Waals surface area contributed by atoms with E-state index in [4.69, 9.17) is 10.6 Å². The highest BCUT2D eigenvalue weighted by atomic mass is 79.9. The summed E-state index contributed by atoms with van der Waals surface area (Å²) in [6, 6.07) is 5.57. The van der Waals surface area contributed by atoms with Gasteiger partial charge in [0.2, 0.25) is 0 Å². The largest absolute Gasteiger partial charge is 0.496 e. The molecule has 0 saturated heterocycles. The molecule has 1 aromatic carbocycles. The monoisotopic (exact) mass is 325 g/mol. The number of hydrazine groups is 1. The van der Waals surface area contributed by atoms with E-state index in [1.807, 2.05) is 29.8 Å². The first-order valence-electron chi connectivity index (χ1n) is 5.88. The Labute approximate surface area is 120 Å². The molecule has 0 spiro atoms. The maximum atomic E-state index is 5.66. The van der Waals surface area contributed by atoms with Crippen molar-refractivity contribution in [2.24, 2.45) is 5.84 Å². The Hall–Kier alpha value is -1.44. The van der Waals surface area contributed by atoms with Crippen molar-refractivity contribution in [1.29, 1.82) is 0 Å². The number of methoxy groups -OCH3 is 1. The van der Waals surface area contributed by atoms with E-state index < -0.39 is 0 Å². The SMILES string of the molecule is CCn1ncnc1C(NN)c1ccc(OC)c(Br)c1. The fourth-order valence-corrected chi connectivity index (χ4v) is 2.48. The van der Waals surface area contributed by atoms with Crippen LogP contribution in [0.15, 0.2) is 29.0 Å². The number of hydrogen-bond donors (Lipinski definition) is 2. The molecule has 1 unspecified atom stereocenters. The summed E-state index contributed by atoms with van der Waals surface area (Å²) in [7, 11) is 1.63. The van der Waals surface area contributed by atoms with Crippen LogP contribution in [0.4, 0.5) is 0 Å². The standard InChI is InChI=1S/C12H16BrN5O/c1-3-18-12(15-7-16-18)11(17-14)8-4-5-10(19-2)9(13)6-8/h4-7,11,17H,3,14H2,1-2H3. The average molecular weight is 326 g/mol. The molecule has 0 aliphatic heterocycles. The lowest BCUT2D eigenvalue weighted by Crippen LogP contribution is -2.31. The molecule has 19 heavy (non-hydrogen) atoms. The Morgan fingerprint density at radius 1 is 1.53 bits per heavy atom. The third-order valence-electron chi connectivity index (χ3n) is 2.88. The van der Waals surface area contributed by atoms with Crippen LogP contribution in [-0.2, 0) is 6.54 Å². The van der Waals surface area contributed by atoms with Crippen LogP contribution in [0.1, 0.15) is 24.4 Å². The number of ether oxygens (including phenoxy) is 1. The lowest BCUT2D eigenvalue weighted by molar-refractivity contribution is 0.411. The van der Waals surface area contributed by atoms with E-state index in [0.717, 1.165) is 28.2 Å². The summed E-state index contributed by atoms with van der Waals surface area (Å²) in [5.74, 6) is 7.22. The summed E-state index contributed by atoms with van der Waals surface area (Å²) in [4.78, 5) is 4.27. The number of rotatable bonds is 5. The number of nitrogens with zero attached hydrogens (tertiary/aromatic N) is 3. The van der Waals surface area contributed by atoms with Crippen LogP contribution in [0.25, 0.3) is 0 Å². The van der Waals surface area contributed by atoms with Crippen molar-refractivity contribution in [2.45, 2.75) is 19.5 Å². The maximum Gasteiger partial charge on any atom is 0.149 e. The summed E-state index contributed by atoms with van der Waals surface area (Å²) < 4.78 is 7.90. The van der Waals surface area contributed by atoms with Crippen LogP contribution in [0, 0.1) is 0 Å². The van der Waals surface area contributed by atoms with Gasteiger partial charge in [0.05, 0.1) is 11.6 Å². The third-order valence-corrected chi connectivity index (χ3v) is 3.50. The highest BCUT2D eigenvalue weighted by Crippen LogP contribution is 2.29. The van der Waals surface area contributed by atoms with Gasteiger partial charge in [0, 0.05) is 6.54 Å². The molecule has 0 aliphatic rings. The van der Waals surface area contributed by atoms with E-state index in [-0.39, 0.29) is 6.04 Å². The summed E-state index contributed by atoms with van der Waals surface area (Å²) in [5, 5.41) is 4.16. The molecule has 0 bridgehead atoms. The second-order valence-corrected chi connectivity index (χ2v) is 4.78. The lowest BCUT2D eigenvalue weighted by atomic mass is 10.1. The number of benzene rings is 1. The van der Waals surface area contributed by atoms with Crippen molar-refractivity contribution in [2.75, 3.05) is 7.11 Å². The Bertz CT molecular complexity index is 557. The summed E-state index contributed by atoms with van der Waals surface area (Å²) in [5.41, 5.74) is 3.76. The molecule has 1 aromatic heterocycles. The van der Waals surface area contributed by atoms with Crippen molar-refractivity contribution in [3.8, 4) is 5.75 Å². The molecule has 0 aliphatic carbocycles. The highest BCUT2D eigenvalue weighted by Gasteiger charge is 2.19. The second kappa shape index (κ2) is 6.14. The van der Waals surface area contributed by atoms with E-state index in [9.17, 15) is 0 Å². The van der Waals surface area contributed by atoms with Crippen molar-refractivity contribution in [3.05, 3.63) is 40.4 Å². The molecule has 2 rings (SSSR count). The van der Waals surface area contributed by atoms with Gasteiger partial charge in [0.15, 0.2) is 0 Å². The molecule has 0 saturated carbocycles. The van der Waals surface area contributed by atoms with E-state index in [0.29, 0.717) is 0 Å². The molecule has 3 N–H and O–H groups in total. The van der Waals surface area contributed by atoms with Crippen molar-refractivity contribution in [1.82, 2.24) is 20.2 Å². The molecule has 0 amide bonds. The first kappa shape index (κ1) is 14.0.